The van der Waals surface area contributed by atoms with Gasteiger partial charge in [0.05, 0.1) is 6.54 Å². The highest BCUT2D eigenvalue weighted by atomic mass is 35.5. The van der Waals surface area contributed by atoms with Gasteiger partial charge in [-0.1, -0.05) is 62.4 Å². The summed E-state index contributed by atoms with van der Waals surface area (Å²) in [7, 11) is 1.70. The van der Waals surface area contributed by atoms with Crippen molar-refractivity contribution in [3.63, 3.8) is 0 Å². The summed E-state index contributed by atoms with van der Waals surface area (Å²) >= 11 is 6.34. The third kappa shape index (κ3) is 8.23. The van der Waals surface area contributed by atoms with E-state index in [4.69, 9.17) is 16.3 Å². The second kappa shape index (κ2) is 13.4. The molecule has 2 rings (SSSR count). The number of hydrogen-bond donors (Lipinski definition) is 0. The predicted molar refractivity (Wildman–Crippen MR) is 120 cm³/mol. The second-order valence-electron chi connectivity index (χ2n) is 7.54. The predicted octanol–water partition coefficient (Wildman–Crippen LogP) is 5.92. The van der Waals surface area contributed by atoms with E-state index in [9.17, 15) is 4.79 Å². The van der Waals surface area contributed by atoms with Gasteiger partial charge in [-0.25, -0.2) is 0 Å². The van der Waals surface area contributed by atoms with E-state index in [0.29, 0.717) is 26.1 Å². The van der Waals surface area contributed by atoms with Crippen LogP contribution >= 0.6 is 11.6 Å². The van der Waals surface area contributed by atoms with Crippen LogP contribution in [0.4, 0.5) is 0 Å². The number of hydrogen-bond acceptors (Lipinski definition) is 2. The fraction of sp³-hybridized carbons (Fsp3) is 0.542. The minimum Gasteiger partial charge on any atom is -0.385 e. The Morgan fingerprint density at radius 3 is 2.62 bits per heavy atom. The lowest BCUT2D eigenvalue weighted by Crippen LogP contribution is -2.32. The molecule has 1 heterocycles. The van der Waals surface area contributed by atoms with Crippen molar-refractivity contribution < 1.29 is 9.53 Å². The molecule has 1 aromatic heterocycles. The van der Waals surface area contributed by atoms with Crippen LogP contribution in [-0.4, -0.2) is 35.6 Å². The number of methoxy groups -OCH3 is 1. The van der Waals surface area contributed by atoms with Gasteiger partial charge in [0.2, 0.25) is 5.91 Å². The fourth-order valence-electron chi connectivity index (χ4n) is 3.48. The Balaban J connectivity index is 2.00. The molecule has 0 aliphatic carbocycles. The third-order valence-corrected chi connectivity index (χ3v) is 5.57. The summed E-state index contributed by atoms with van der Waals surface area (Å²) in [5, 5.41) is 0.771. The van der Waals surface area contributed by atoms with Gasteiger partial charge in [0.15, 0.2) is 0 Å². The van der Waals surface area contributed by atoms with Crippen molar-refractivity contribution >= 4 is 17.5 Å². The lowest BCUT2D eigenvalue weighted by Gasteiger charge is -2.24. The van der Waals surface area contributed by atoms with Crippen molar-refractivity contribution in [3.8, 4) is 0 Å². The third-order valence-electron chi connectivity index (χ3n) is 5.20. The number of benzene rings is 1. The van der Waals surface area contributed by atoms with Gasteiger partial charge in [0, 0.05) is 50.1 Å². The van der Waals surface area contributed by atoms with E-state index in [1.165, 1.54) is 19.3 Å². The highest BCUT2D eigenvalue weighted by Crippen LogP contribution is 2.18. The summed E-state index contributed by atoms with van der Waals surface area (Å²) in [5.74, 6) is 0.239. The number of carbonyl (C=O) groups excluding carboxylic acids is 1. The first kappa shape index (κ1) is 23.5. The SMILES string of the molecule is CCCCCCCC(=O)N(CCCOC)Cc1cccn1Cc1ccccc1Cl. The zero-order valence-electron chi connectivity index (χ0n) is 17.9. The van der Waals surface area contributed by atoms with Crippen LogP contribution in [0.2, 0.25) is 5.02 Å². The van der Waals surface area contributed by atoms with Gasteiger partial charge < -0.3 is 14.2 Å². The number of nitrogens with zero attached hydrogens (tertiary/aromatic N) is 2. The van der Waals surface area contributed by atoms with Crippen LogP contribution in [0, 0.1) is 0 Å². The largest absolute Gasteiger partial charge is 0.385 e. The fourth-order valence-corrected chi connectivity index (χ4v) is 3.68. The standard InChI is InChI=1S/C24H35ClN2O2/c1-3-4-5-6-7-15-24(28)27(17-11-18-29-2)20-22-13-10-16-26(22)19-21-12-8-9-14-23(21)25/h8-10,12-14,16H,3-7,11,15,17-20H2,1-2H3. The van der Waals surface area contributed by atoms with E-state index < -0.39 is 0 Å². The van der Waals surface area contributed by atoms with Crippen molar-refractivity contribution in [3.05, 3.63) is 58.9 Å². The van der Waals surface area contributed by atoms with Gasteiger partial charge in [-0.05, 0) is 36.6 Å². The van der Waals surface area contributed by atoms with Crippen molar-refractivity contribution in [1.29, 1.82) is 0 Å². The van der Waals surface area contributed by atoms with E-state index in [2.05, 4.69) is 23.8 Å². The van der Waals surface area contributed by atoms with Crippen molar-refractivity contribution in [2.75, 3.05) is 20.3 Å². The van der Waals surface area contributed by atoms with Crippen LogP contribution in [0.25, 0.3) is 0 Å². The molecule has 0 radical (unpaired) electrons. The average Bonchev–Trinajstić information content (AvgIpc) is 3.15. The molecule has 0 spiro atoms. The summed E-state index contributed by atoms with van der Waals surface area (Å²) in [4.78, 5) is 14.9. The Labute approximate surface area is 180 Å². The topological polar surface area (TPSA) is 34.5 Å². The molecule has 1 aromatic carbocycles. The molecule has 2 aromatic rings. The first-order valence-electron chi connectivity index (χ1n) is 10.8. The summed E-state index contributed by atoms with van der Waals surface area (Å²) in [6, 6.07) is 12.0. The molecule has 160 valence electrons. The molecule has 0 saturated heterocycles. The first-order chi connectivity index (χ1) is 14.2. The molecule has 0 bridgehead atoms. The van der Waals surface area contributed by atoms with Gasteiger partial charge in [-0.15, -0.1) is 0 Å². The Bertz CT molecular complexity index is 729. The van der Waals surface area contributed by atoms with Gasteiger partial charge in [-0.2, -0.15) is 0 Å². The van der Waals surface area contributed by atoms with E-state index in [-0.39, 0.29) is 5.91 Å². The van der Waals surface area contributed by atoms with Gasteiger partial charge >= 0.3 is 0 Å². The molecule has 0 N–H and O–H groups in total. The number of aromatic nitrogens is 1. The zero-order valence-corrected chi connectivity index (χ0v) is 18.7. The summed E-state index contributed by atoms with van der Waals surface area (Å²) in [5.41, 5.74) is 2.21. The quantitative estimate of drug-likeness (QED) is 0.357. The van der Waals surface area contributed by atoms with Gasteiger partial charge in [-0.3, -0.25) is 4.79 Å². The maximum absolute atomic E-state index is 12.9. The Morgan fingerprint density at radius 2 is 1.86 bits per heavy atom. The Kier molecular flexibility index (Phi) is 10.9. The Hall–Kier alpha value is -1.78. The van der Waals surface area contributed by atoms with E-state index >= 15 is 0 Å². The molecule has 0 aliphatic rings. The van der Waals surface area contributed by atoms with Crippen molar-refractivity contribution in [1.82, 2.24) is 9.47 Å². The number of rotatable bonds is 14. The molecule has 0 fully saturated rings. The average molecular weight is 419 g/mol. The number of unbranched alkanes of at least 4 members (excludes halogenated alkanes) is 4. The summed E-state index contributed by atoms with van der Waals surface area (Å²) in [6.07, 6.45) is 9.33. The highest BCUT2D eigenvalue weighted by molar-refractivity contribution is 6.31. The van der Waals surface area contributed by atoms with Crippen LogP contribution in [0.3, 0.4) is 0 Å². The number of ether oxygens (including phenoxy) is 1. The molecule has 5 heteroatoms. The monoisotopic (exact) mass is 418 g/mol. The number of halogens is 1. The van der Waals surface area contributed by atoms with Gasteiger partial charge in [0.1, 0.15) is 0 Å². The minimum absolute atomic E-state index is 0.239. The van der Waals surface area contributed by atoms with Crippen LogP contribution < -0.4 is 0 Å². The molecule has 1 amide bonds. The van der Waals surface area contributed by atoms with Crippen LogP contribution in [0.5, 0.6) is 0 Å². The second-order valence-corrected chi connectivity index (χ2v) is 7.95. The molecular formula is C24H35ClN2O2. The van der Waals surface area contributed by atoms with Gasteiger partial charge in [0.25, 0.3) is 0 Å². The maximum Gasteiger partial charge on any atom is 0.222 e. The first-order valence-corrected chi connectivity index (χ1v) is 11.2. The van der Waals surface area contributed by atoms with Crippen LogP contribution in [-0.2, 0) is 22.6 Å². The Morgan fingerprint density at radius 1 is 1.07 bits per heavy atom. The smallest absolute Gasteiger partial charge is 0.222 e. The molecule has 0 aliphatic heterocycles. The number of amides is 1. The molecular weight excluding hydrogens is 384 g/mol. The van der Waals surface area contributed by atoms with E-state index in [1.54, 1.807) is 7.11 Å². The van der Waals surface area contributed by atoms with Crippen molar-refractivity contribution in [2.24, 2.45) is 0 Å². The van der Waals surface area contributed by atoms with Crippen LogP contribution in [0.1, 0.15) is 63.1 Å². The highest BCUT2D eigenvalue weighted by Gasteiger charge is 2.16. The minimum atomic E-state index is 0.239. The molecule has 0 atom stereocenters. The summed E-state index contributed by atoms with van der Waals surface area (Å²) in [6.45, 7) is 4.92. The summed E-state index contributed by atoms with van der Waals surface area (Å²) < 4.78 is 7.37. The lowest BCUT2D eigenvalue weighted by atomic mass is 10.1. The zero-order chi connectivity index (χ0) is 20.9. The van der Waals surface area contributed by atoms with E-state index in [1.807, 2.05) is 35.2 Å². The van der Waals surface area contributed by atoms with Crippen LogP contribution in [0.15, 0.2) is 42.6 Å². The maximum atomic E-state index is 12.9. The lowest BCUT2D eigenvalue weighted by molar-refractivity contribution is -0.132. The molecule has 0 saturated carbocycles. The number of carbonyl (C=O) groups is 1. The normalized spacial score (nSPS) is 11.0. The van der Waals surface area contributed by atoms with E-state index in [0.717, 1.165) is 42.1 Å². The molecule has 4 nitrogen and oxygen atoms in total. The molecule has 0 unspecified atom stereocenters. The van der Waals surface area contributed by atoms with Crippen molar-refractivity contribution in [2.45, 2.75) is 65.0 Å². The molecule has 29 heavy (non-hydrogen) atoms.